The number of benzene rings is 2. The van der Waals surface area contributed by atoms with Gasteiger partial charge >= 0.3 is 11.8 Å². The zero-order valence-electron chi connectivity index (χ0n) is 13.6. The van der Waals surface area contributed by atoms with Crippen molar-refractivity contribution >= 4 is 88.0 Å². The second-order valence-electron chi connectivity index (χ2n) is 5.05. The van der Waals surface area contributed by atoms with E-state index < -0.39 is 11.8 Å². The van der Waals surface area contributed by atoms with E-state index in [4.69, 9.17) is 0 Å². The van der Waals surface area contributed by atoms with Crippen molar-refractivity contribution in [1.82, 2.24) is 10.9 Å². The summed E-state index contributed by atoms with van der Waals surface area (Å²) in [6.45, 7) is 0. The summed E-state index contributed by atoms with van der Waals surface area (Å²) in [5, 5.41) is 27.0. The van der Waals surface area contributed by atoms with Crippen LogP contribution in [0.25, 0.3) is 0 Å². The first kappa shape index (κ1) is 22.5. The molecule has 28 heavy (non-hydrogen) atoms. The summed E-state index contributed by atoms with van der Waals surface area (Å²) >= 11 is 12.9. The minimum absolute atomic E-state index is 0.0739. The number of nitrogens with zero attached hydrogens (tertiary/aromatic N) is 2. The quantitative estimate of drug-likeness (QED) is 0.231. The van der Waals surface area contributed by atoms with E-state index in [2.05, 4.69) is 73.9 Å². The Kier molecular flexibility index (Phi) is 8.16. The number of phenols is 2. The van der Waals surface area contributed by atoms with Crippen LogP contribution >= 0.6 is 63.7 Å². The molecule has 146 valence electrons. The molecule has 2 rings (SSSR count). The Labute approximate surface area is 192 Å². The lowest BCUT2D eigenvalue weighted by Gasteiger charge is -2.03. The third-order valence-corrected chi connectivity index (χ3v) is 5.19. The average Bonchev–Trinajstić information content (AvgIpc) is 2.62. The van der Waals surface area contributed by atoms with Gasteiger partial charge in [0.25, 0.3) is 0 Å². The normalized spacial score (nSPS) is 11.1. The molecule has 2 aromatic rings. The standard InChI is InChI=1S/C16H10Br4N4O4/c17-9-1-7(13(25)11(19)3-9)5-21-23-15(27)16(28)24-22-6-8-2-10(18)4-12(20)14(8)26/h1-6,25-26H,(H,23,27)(H,24,28)/b21-5+,22-6+. The first-order valence-electron chi connectivity index (χ1n) is 7.21. The van der Waals surface area contributed by atoms with E-state index in [1.165, 1.54) is 12.4 Å². The van der Waals surface area contributed by atoms with Crippen molar-refractivity contribution < 1.29 is 19.8 Å². The number of amides is 2. The van der Waals surface area contributed by atoms with Crippen LogP contribution in [0.1, 0.15) is 11.1 Å². The first-order chi connectivity index (χ1) is 13.2. The molecular formula is C16H10Br4N4O4. The Balaban J connectivity index is 1.96. The van der Waals surface area contributed by atoms with Crippen LogP contribution in [0.3, 0.4) is 0 Å². The SMILES string of the molecule is O=C(N/N=C/c1cc(Br)cc(Br)c1O)C(=O)N/N=C/c1cc(Br)cc(Br)c1O. The van der Waals surface area contributed by atoms with Gasteiger partial charge < -0.3 is 10.2 Å². The van der Waals surface area contributed by atoms with Gasteiger partial charge in [0.05, 0.1) is 21.4 Å². The van der Waals surface area contributed by atoms with Crippen LogP contribution < -0.4 is 10.9 Å². The highest BCUT2D eigenvalue weighted by Crippen LogP contribution is 2.31. The fraction of sp³-hybridized carbons (Fsp3) is 0. The Morgan fingerprint density at radius 2 is 1.11 bits per heavy atom. The molecular weight excluding hydrogens is 632 g/mol. The maximum Gasteiger partial charge on any atom is 0.331 e. The van der Waals surface area contributed by atoms with Crippen LogP contribution in [0.2, 0.25) is 0 Å². The van der Waals surface area contributed by atoms with Crippen molar-refractivity contribution in [2.45, 2.75) is 0 Å². The molecule has 0 bridgehead atoms. The fourth-order valence-corrected chi connectivity index (χ4v) is 4.31. The lowest BCUT2D eigenvalue weighted by atomic mass is 10.2. The molecule has 2 aromatic carbocycles. The van der Waals surface area contributed by atoms with Crippen LogP contribution in [0, 0.1) is 0 Å². The van der Waals surface area contributed by atoms with Crippen LogP contribution in [0.15, 0.2) is 52.4 Å². The Morgan fingerprint density at radius 1 is 0.750 bits per heavy atom. The smallest absolute Gasteiger partial charge is 0.331 e. The van der Waals surface area contributed by atoms with Crippen molar-refractivity contribution in [3.05, 3.63) is 53.3 Å². The second-order valence-corrected chi connectivity index (χ2v) is 8.59. The summed E-state index contributed by atoms with van der Waals surface area (Å²) in [4.78, 5) is 23.4. The van der Waals surface area contributed by atoms with Gasteiger partial charge in [-0.1, -0.05) is 31.9 Å². The maximum absolute atomic E-state index is 11.7. The predicted octanol–water partition coefficient (Wildman–Crippen LogP) is 3.75. The molecule has 8 nitrogen and oxygen atoms in total. The molecule has 0 heterocycles. The number of hydrazone groups is 2. The summed E-state index contributed by atoms with van der Waals surface area (Å²) in [5.41, 5.74) is 4.66. The van der Waals surface area contributed by atoms with Crippen LogP contribution in [0.5, 0.6) is 11.5 Å². The van der Waals surface area contributed by atoms with Gasteiger partial charge in [-0.2, -0.15) is 10.2 Å². The second kappa shape index (κ2) is 10.1. The molecule has 12 heteroatoms. The highest BCUT2D eigenvalue weighted by atomic mass is 79.9. The molecule has 0 aliphatic carbocycles. The van der Waals surface area contributed by atoms with E-state index >= 15 is 0 Å². The van der Waals surface area contributed by atoms with Gasteiger partial charge in [0, 0.05) is 20.1 Å². The molecule has 0 saturated carbocycles. The first-order valence-corrected chi connectivity index (χ1v) is 10.4. The number of nitrogens with one attached hydrogen (secondary N) is 2. The van der Waals surface area contributed by atoms with E-state index in [1.807, 2.05) is 10.9 Å². The number of rotatable bonds is 4. The Bertz CT molecular complexity index is 916. The fourth-order valence-electron chi connectivity index (χ4n) is 1.79. The average molecular weight is 642 g/mol. The molecule has 0 fully saturated rings. The molecule has 2 amide bonds. The van der Waals surface area contributed by atoms with Gasteiger partial charge in [-0.25, -0.2) is 10.9 Å². The highest BCUT2D eigenvalue weighted by molar-refractivity contribution is 9.11. The van der Waals surface area contributed by atoms with Gasteiger partial charge in [0.15, 0.2) is 0 Å². The number of phenolic OH excluding ortho intramolecular Hbond substituents is 2. The van der Waals surface area contributed by atoms with Crippen LogP contribution in [0.4, 0.5) is 0 Å². The summed E-state index contributed by atoms with van der Waals surface area (Å²) in [6, 6.07) is 6.42. The molecule has 0 saturated heterocycles. The van der Waals surface area contributed by atoms with Crippen molar-refractivity contribution in [2.24, 2.45) is 10.2 Å². The number of hydrogen-bond donors (Lipinski definition) is 4. The summed E-state index contributed by atoms with van der Waals surface area (Å²) in [6.07, 6.45) is 2.35. The van der Waals surface area contributed by atoms with Crippen molar-refractivity contribution in [3.8, 4) is 11.5 Å². The maximum atomic E-state index is 11.7. The number of halogens is 4. The number of hydrogen-bond acceptors (Lipinski definition) is 6. The highest BCUT2D eigenvalue weighted by Gasteiger charge is 2.12. The minimum atomic E-state index is -1.07. The minimum Gasteiger partial charge on any atom is -0.506 e. The Morgan fingerprint density at radius 3 is 1.46 bits per heavy atom. The van der Waals surface area contributed by atoms with Gasteiger partial charge in [-0.3, -0.25) is 9.59 Å². The monoisotopic (exact) mass is 638 g/mol. The molecule has 0 spiro atoms. The third-order valence-electron chi connectivity index (χ3n) is 3.06. The van der Waals surface area contributed by atoms with Crippen molar-refractivity contribution in [2.75, 3.05) is 0 Å². The van der Waals surface area contributed by atoms with Gasteiger partial charge in [0.2, 0.25) is 0 Å². The van der Waals surface area contributed by atoms with E-state index in [0.29, 0.717) is 29.0 Å². The molecule has 0 aliphatic rings. The largest absolute Gasteiger partial charge is 0.506 e. The molecule has 0 aliphatic heterocycles. The molecule has 4 N–H and O–H groups in total. The number of carbonyl (C=O) groups excluding carboxylic acids is 2. The molecule has 0 radical (unpaired) electrons. The lowest BCUT2D eigenvalue weighted by molar-refractivity contribution is -0.139. The van der Waals surface area contributed by atoms with Crippen LogP contribution in [-0.4, -0.2) is 34.5 Å². The molecule has 0 atom stereocenters. The number of aromatic hydroxyl groups is 2. The van der Waals surface area contributed by atoms with E-state index in [1.54, 1.807) is 24.3 Å². The molecule has 0 unspecified atom stereocenters. The van der Waals surface area contributed by atoms with E-state index in [0.717, 1.165) is 0 Å². The third kappa shape index (κ3) is 6.12. The van der Waals surface area contributed by atoms with Crippen molar-refractivity contribution in [3.63, 3.8) is 0 Å². The van der Waals surface area contributed by atoms with Crippen LogP contribution in [-0.2, 0) is 9.59 Å². The summed E-state index contributed by atoms with van der Waals surface area (Å²) < 4.78 is 2.23. The topological polar surface area (TPSA) is 123 Å². The van der Waals surface area contributed by atoms with Gasteiger partial charge in [-0.05, 0) is 56.1 Å². The van der Waals surface area contributed by atoms with E-state index in [9.17, 15) is 19.8 Å². The van der Waals surface area contributed by atoms with Gasteiger partial charge in [0.1, 0.15) is 11.5 Å². The summed E-state index contributed by atoms with van der Waals surface area (Å²) in [7, 11) is 0. The lowest BCUT2D eigenvalue weighted by Crippen LogP contribution is -2.35. The number of carbonyl (C=O) groups is 2. The van der Waals surface area contributed by atoms with Crippen molar-refractivity contribution in [1.29, 1.82) is 0 Å². The van der Waals surface area contributed by atoms with Gasteiger partial charge in [-0.15, -0.1) is 0 Å². The Hall–Kier alpha value is -1.76. The zero-order chi connectivity index (χ0) is 20.8. The summed E-state index contributed by atoms with van der Waals surface area (Å²) in [5.74, 6) is -2.28. The van der Waals surface area contributed by atoms with E-state index in [-0.39, 0.29) is 11.5 Å². The molecule has 0 aromatic heterocycles. The predicted molar refractivity (Wildman–Crippen MR) is 118 cm³/mol. The zero-order valence-corrected chi connectivity index (χ0v) is 19.9.